The van der Waals surface area contributed by atoms with E-state index in [9.17, 15) is 9.18 Å². The van der Waals surface area contributed by atoms with Gasteiger partial charge in [-0.25, -0.2) is 9.37 Å². The highest BCUT2D eigenvalue weighted by Crippen LogP contribution is 2.33. The van der Waals surface area contributed by atoms with Crippen molar-refractivity contribution in [1.29, 1.82) is 0 Å². The summed E-state index contributed by atoms with van der Waals surface area (Å²) >= 11 is 1.48. The van der Waals surface area contributed by atoms with Crippen LogP contribution in [0, 0.1) is 11.7 Å². The minimum Gasteiger partial charge on any atom is -0.355 e. The Bertz CT molecular complexity index is 810. The highest BCUT2D eigenvalue weighted by atomic mass is 32.1. The van der Waals surface area contributed by atoms with E-state index in [1.807, 2.05) is 0 Å². The molecule has 2 aromatic rings. The second-order valence-electron chi connectivity index (χ2n) is 6.86. The van der Waals surface area contributed by atoms with Gasteiger partial charge in [0.2, 0.25) is 5.91 Å². The van der Waals surface area contributed by atoms with Gasteiger partial charge in [-0.2, -0.15) is 0 Å². The fraction of sp³-hybridized carbons (Fsp3) is 0.474. The smallest absolute Gasteiger partial charge is 0.226 e. The van der Waals surface area contributed by atoms with Crippen molar-refractivity contribution in [2.24, 2.45) is 5.92 Å². The molecule has 4 nitrogen and oxygen atoms in total. The fourth-order valence-electron chi connectivity index (χ4n) is 3.44. The van der Waals surface area contributed by atoms with Crippen LogP contribution in [-0.4, -0.2) is 30.5 Å². The Morgan fingerprint density at radius 3 is 3.04 bits per heavy atom. The zero-order chi connectivity index (χ0) is 17.2. The number of carbonyl (C=O) groups is 1. The van der Waals surface area contributed by atoms with E-state index in [1.165, 1.54) is 54.7 Å². The summed E-state index contributed by atoms with van der Waals surface area (Å²) in [5.41, 5.74) is 2.30. The molecule has 4 rings (SSSR count). The minimum atomic E-state index is -0.239. The van der Waals surface area contributed by atoms with E-state index in [2.05, 4.69) is 21.3 Å². The summed E-state index contributed by atoms with van der Waals surface area (Å²) in [5, 5.41) is 3.94. The molecule has 2 heterocycles. The van der Waals surface area contributed by atoms with E-state index >= 15 is 0 Å². The summed E-state index contributed by atoms with van der Waals surface area (Å²) in [6.07, 6.45) is 8.26. The third-order valence-corrected chi connectivity index (χ3v) is 6.07. The lowest BCUT2D eigenvalue weighted by Crippen LogP contribution is -2.53. The molecule has 1 N–H and O–H groups in total. The van der Waals surface area contributed by atoms with Crippen molar-refractivity contribution in [1.82, 2.24) is 10.3 Å². The molecular weight excluding hydrogens is 337 g/mol. The molecule has 1 aliphatic heterocycles. The molecule has 0 unspecified atom stereocenters. The number of anilines is 1. The Labute approximate surface area is 150 Å². The highest BCUT2D eigenvalue weighted by molar-refractivity contribution is 7.22. The van der Waals surface area contributed by atoms with Crippen molar-refractivity contribution in [3.63, 3.8) is 0 Å². The number of thiazole rings is 1. The number of fused-ring (bicyclic) bond motifs is 1. The first-order chi connectivity index (χ1) is 12.2. The molecule has 25 heavy (non-hydrogen) atoms. The number of hydrogen-bond acceptors (Lipinski definition) is 4. The average molecular weight is 359 g/mol. The van der Waals surface area contributed by atoms with Gasteiger partial charge in [0.15, 0.2) is 5.13 Å². The van der Waals surface area contributed by atoms with Gasteiger partial charge in [0.1, 0.15) is 5.82 Å². The molecule has 6 heteroatoms. The van der Waals surface area contributed by atoms with Crippen LogP contribution in [0.5, 0.6) is 0 Å². The maximum atomic E-state index is 13.3. The van der Waals surface area contributed by atoms with Crippen LogP contribution in [0.1, 0.15) is 32.1 Å². The topological polar surface area (TPSA) is 45.2 Å². The molecule has 0 saturated carbocycles. The molecule has 0 spiro atoms. The van der Waals surface area contributed by atoms with E-state index < -0.39 is 0 Å². The number of nitrogens with zero attached hydrogens (tertiary/aromatic N) is 2. The Kier molecular flexibility index (Phi) is 4.70. The third kappa shape index (κ3) is 3.68. The summed E-state index contributed by atoms with van der Waals surface area (Å²) in [6, 6.07) is 4.65. The molecule has 1 aliphatic carbocycles. The average Bonchev–Trinajstić information content (AvgIpc) is 2.97. The lowest BCUT2D eigenvalue weighted by molar-refractivity contribution is -0.125. The first-order valence-electron chi connectivity index (χ1n) is 8.96. The van der Waals surface area contributed by atoms with Crippen LogP contribution in [-0.2, 0) is 4.79 Å². The predicted octanol–water partition coefficient (Wildman–Crippen LogP) is 3.88. The highest BCUT2D eigenvalue weighted by Gasteiger charge is 2.34. The molecule has 2 aliphatic rings. The van der Waals surface area contributed by atoms with Gasteiger partial charge in [-0.05, 0) is 50.3 Å². The zero-order valence-electron chi connectivity index (χ0n) is 14.1. The second-order valence-corrected chi connectivity index (χ2v) is 7.87. The van der Waals surface area contributed by atoms with Gasteiger partial charge in [0.05, 0.1) is 16.1 Å². The largest absolute Gasteiger partial charge is 0.355 e. The van der Waals surface area contributed by atoms with Crippen LogP contribution in [0.15, 0.2) is 29.8 Å². The molecule has 0 radical (unpaired) electrons. The number of halogens is 1. The van der Waals surface area contributed by atoms with Crippen LogP contribution in [0.4, 0.5) is 9.52 Å². The lowest BCUT2D eigenvalue weighted by atomic mass is 9.97. The molecule has 0 bridgehead atoms. The monoisotopic (exact) mass is 359 g/mol. The van der Waals surface area contributed by atoms with Gasteiger partial charge in [0, 0.05) is 19.6 Å². The van der Waals surface area contributed by atoms with Crippen LogP contribution in [0.25, 0.3) is 10.2 Å². The fourth-order valence-corrected chi connectivity index (χ4v) is 4.45. The SMILES string of the molecule is O=C(NCCC1=CCCCC1)C1CN(c2nc3ccc(F)cc3s2)C1. The van der Waals surface area contributed by atoms with Crippen molar-refractivity contribution in [3.8, 4) is 0 Å². The first kappa shape index (κ1) is 16.5. The number of aromatic nitrogens is 1. The van der Waals surface area contributed by atoms with E-state index in [1.54, 1.807) is 6.07 Å². The van der Waals surface area contributed by atoms with Gasteiger partial charge >= 0.3 is 0 Å². The molecule has 0 atom stereocenters. The van der Waals surface area contributed by atoms with Crippen LogP contribution < -0.4 is 10.2 Å². The normalized spacial score (nSPS) is 18.1. The minimum absolute atomic E-state index is 0.0316. The van der Waals surface area contributed by atoms with Crippen LogP contribution >= 0.6 is 11.3 Å². The van der Waals surface area contributed by atoms with Crippen molar-refractivity contribution in [2.45, 2.75) is 32.1 Å². The molecule has 1 saturated heterocycles. The number of hydrogen-bond donors (Lipinski definition) is 1. The predicted molar refractivity (Wildman–Crippen MR) is 99.5 cm³/mol. The maximum Gasteiger partial charge on any atom is 0.226 e. The van der Waals surface area contributed by atoms with Crippen molar-refractivity contribution in [2.75, 3.05) is 24.5 Å². The first-order valence-corrected chi connectivity index (χ1v) is 9.77. The summed E-state index contributed by atoms with van der Waals surface area (Å²) in [6.45, 7) is 2.12. The van der Waals surface area contributed by atoms with E-state index in [-0.39, 0.29) is 17.6 Å². The number of rotatable bonds is 5. The lowest BCUT2D eigenvalue weighted by Gasteiger charge is -2.38. The molecule has 1 fully saturated rings. The Hall–Kier alpha value is -1.95. The van der Waals surface area contributed by atoms with Crippen LogP contribution in [0.2, 0.25) is 0 Å². The van der Waals surface area contributed by atoms with Gasteiger partial charge in [-0.1, -0.05) is 23.0 Å². The third-order valence-electron chi connectivity index (χ3n) is 4.99. The number of carbonyl (C=O) groups excluding carboxylic acids is 1. The molecule has 1 amide bonds. The van der Waals surface area contributed by atoms with Crippen molar-refractivity contribution < 1.29 is 9.18 Å². The molecular formula is C19H22FN3OS. The quantitative estimate of drug-likeness (QED) is 0.824. The van der Waals surface area contributed by atoms with Gasteiger partial charge < -0.3 is 10.2 Å². The van der Waals surface area contributed by atoms with Crippen LogP contribution in [0.3, 0.4) is 0 Å². The number of nitrogens with one attached hydrogen (secondary N) is 1. The van der Waals surface area contributed by atoms with E-state index in [4.69, 9.17) is 0 Å². The standard InChI is InChI=1S/C19H22FN3OS/c20-15-6-7-16-17(10-15)25-19(22-16)23-11-14(12-23)18(24)21-9-8-13-4-2-1-3-5-13/h4,6-7,10,14H,1-3,5,8-9,11-12H2,(H,21,24). The Balaban J connectivity index is 1.26. The second kappa shape index (κ2) is 7.12. The summed E-state index contributed by atoms with van der Waals surface area (Å²) in [5.74, 6) is -0.0689. The number of benzene rings is 1. The summed E-state index contributed by atoms with van der Waals surface area (Å²) in [7, 11) is 0. The summed E-state index contributed by atoms with van der Waals surface area (Å²) < 4.78 is 14.1. The van der Waals surface area contributed by atoms with Crippen molar-refractivity contribution >= 4 is 32.6 Å². The van der Waals surface area contributed by atoms with Gasteiger partial charge in [-0.3, -0.25) is 4.79 Å². The molecule has 1 aromatic carbocycles. The molecule has 132 valence electrons. The van der Waals surface area contributed by atoms with Gasteiger partial charge in [0.25, 0.3) is 0 Å². The van der Waals surface area contributed by atoms with E-state index in [0.29, 0.717) is 13.1 Å². The zero-order valence-corrected chi connectivity index (χ0v) is 14.9. The molecule has 1 aromatic heterocycles. The Morgan fingerprint density at radius 1 is 1.36 bits per heavy atom. The Morgan fingerprint density at radius 2 is 2.24 bits per heavy atom. The van der Waals surface area contributed by atoms with Gasteiger partial charge in [-0.15, -0.1) is 0 Å². The number of allylic oxidation sites excluding steroid dienone is 1. The number of amides is 1. The summed E-state index contributed by atoms with van der Waals surface area (Å²) in [4.78, 5) is 18.9. The van der Waals surface area contributed by atoms with E-state index in [0.717, 1.165) is 28.3 Å². The van der Waals surface area contributed by atoms with Crippen molar-refractivity contribution in [3.05, 3.63) is 35.7 Å². The maximum absolute atomic E-state index is 13.3.